The lowest BCUT2D eigenvalue weighted by Gasteiger charge is -2.33. The summed E-state index contributed by atoms with van der Waals surface area (Å²) in [4.78, 5) is 0. The fourth-order valence-electron chi connectivity index (χ4n) is 3.12. The number of rotatable bonds is 5. The van der Waals surface area contributed by atoms with E-state index < -0.39 is 0 Å². The van der Waals surface area contributed by atoms with Crippen molar-refractivity contribution in [3.63, 3.8) is 0 Å². The van der Waals surface area contributed by atoms with E-state index in [1.54, 1.807) is 0 Å². The summed E-state index contributed by atoms with van der Waals surface area (Å²) in [5, 5.41) is 15.1. The van der Waals surface area contributed by atoms with Gasteiger partial charge < -0.3 is 5.11 Å². The second-order valence-corrected chi connectivity index (χ2v) is 5.58. The van der Waals surface area contributed by atoms with E-state index in [-0.39, 0.29) is 12.0 Å². The van der Waals surface area contributed by atoms with Crippen molar-refractivity contribution in [2.24, 2.45) is 0 Å². The molecule has 0 saturated heterocycles. The fraction of sp³-hybridized carbons (Fsp3) is 0.471. The van der Waals surface area contributed by atoms with Crippen LogP contribution >= 0.6 is 0 Å². The Bertz CT molecular complexity index is 603. The third kappa shape index (κ3) is 2.27. The number of aliphatic hydroxyl groups excluding tert-OH is 1. The quantitative estimate of drug-likeness (QED) is 0.907. The van der Waals surface area contributed by atoms with E-state index in [2.05, 4.69) is 49.3 Å². The minimum Gasteiger partial charge on any atom is -0.392 e. The van der Waals surface area contributed by atoms with Gasteiger partial charge in [0.1, 0.15) is 0 Å². The number of hydrogen-bond acceptors (Lipinski definition) is 2. The Balaban J connectivity index is 1.74. The number of hydrogen-bond donors (Lipinski definition) is 1. The molecule has 3 heteroatoms. The van der Waals surface area contributed by atoms with Gasteiger partial charge in [0.25, 0.3) is 0 Å². The Morgan fingerprint density at radius 2 is 2.15 bits per heavy atom. The third-order valence-electron chi connectivity index (χ3n) is 4.35. The number of aromatic nitrogens is 2. The van der Waals surface area contributed by atoms with E-state index >= 15 is 0 Å². The van der Waals surface area contributed by atoms with Crippen molar-refractivity contribution in [2.45, 2.75) is 51.7 Å². The summed E-state index contributed by atoms with van der Waals surface area (Å²) in [5.74, 6) is 0.288. The lowest BCUT2D eigenvalue weighted by Crippen LogP contribution is -2.31. The minimum atomic E-state index is -0.309. The molecule has 2 atom stereocenters. The van der Waals surface area contributed by atoms with Crippen molar-refractivity contribution in [1.82, 2.24) is 9.78 Å². The van der Waals surface area contributed by atoms with E-state index in [1.807, 2.05) is 4.68 Å². The summed E-state index contributed by atoms with van der Waals surface area (Å²) in [6.45, 7) is 5.08. The van der Waals surface area contributed by atoms with Gasteiger partial charge in [0.2, 0.25) is 0 Å². The fourth-order valence-corrected chi connectivity index (χ4v) is 3.12. The molecule has 0 saturated carbocycles. The molecule has 3 rings (SSSR count). The van der Waals surface area contributed by atoms with Crippen molar-refractivity contribution in [2.75, 3.05) is 0 Å². The highest BCUT2D eigenvalue weighted by molar-refractivity contribution is 5.41. The molecule has 1 N–H and O–H groups in total. The van der Waals surface area contributed by atoms with Crippen LogP contribution in [0.2, 0.25) is 0 Å². The summed E-state index contributed by atoms with van der Waals surface area (Å²) >= 11 is 0. The van der Waals surface area contributed by atoms with E-state index in [4.69, 9.17) is 0 Å². The first-order chi connectivity index (χ1) is 9.72. The zero-order valence-electron chi connectivity index (χ0n) is 12.2. The van der Waals surface area contributed by atoms with Crippen molar-refractivity contribution in [1.29, 1.82) is 0 Å². The molecule has 2 aromatic rings. The van der Waals surface area contributed by atoms with E-state index in [0.29, 0.717) is 6.42 Å². The van der Waals surface area contributed by atoms with Crippen LogP contribution in [-0.4, -0.2) is 21.0 Å². The molecule has 20 heavy (non-hydrogen) atoms. The van der Waals surface area contributed by atoms with Crippen LogP contribution in [0, 0.1) is 0 Å². The molecule has 1 aliphatic carbocycles. The number of aryl methyl sites for hydroxylation is 2. The molecule has 0 radical (unpaired) electrons. The van der Waals surface area contributed by atoms with Gasteiger partial charge in [-0.2, -0.15) is 5.10 Å². The Kier molecular flexibility index (Phi) is 3.62. The molecule has 0 bridgehead atoms. The number of aliphatic hydroxyl groups is 1. The van der Waals surface area contributed by atoms with Gasteiger partial charge in [0.15, 0.2) is 0 Å². The number of benzene rings is 1. The predicted molar refractivity (Wildman–Crippen MR) is 79.9 cm³/mol. The van der Waals surface area contributed by atoms with Gasteiger partial charge in [-0.1, -0.05) is 31.2 Å². The van der Waals surface area contributed by atoms with Crippen LogP contribution in [0.5, 0.6) is 0 Å². The van der Waals surface area contributed by atoms with Crippen LogP contribution in [0.1, 0.15) is 42.3 Å². The second-order valence-electron chi connectivity index (χ2n) is 5.58. The molecule has 1 heterocycles. The Hall–Kier alpha value is -1.61. The molecule has 0 spiro atoms. The largest absolute Gasteiger partial charge is 0.392 e. The first-order valence-electron chi connectivity index (χ1n) is 7.54. The topological polar surface area (TPSA) is 38.0 Å². The van der Waals surface area contributed by atoms with Crippen molar-refractivity contribution < 1.29 is 5.11 Å². The molecular weight excluding hydrogens is 248 g/mol. The van der Waals surface area contributed by atoms with Crippen molar-refractivity contribution >= 4 is 0 Å². The maximum absolute atomic E-state index is 10.5. The first-order valence-corrected chi connectivity index (χ1v) is 7.54. The summed E-state index contributed by atoms with van der Waals surface area (Å²) in [6, 6.07) is 10.6. The second kappa shape index (κ2) is 5.41. The lowest BCUT2D eigenvalue weighted by molar-refractivity contribution is 0.131. The average molecular weight is 270 g/mol. The summed E-state index contributed by atoms with van der Waals surface area (Å²) in [7, 11) is 0. The number of fused-ring (bicyclic) bond motifs is 1. The highest BCUT2D eigenvalue weighted by Crippen LogP contribution is 2.38. The molecule has 0 fully saturated rings. The van der Waals surface area contributed by atoms with Crippen molar-refractivity contribution in [3.8, 4) is 0 Å². The monoisotopic (exact) mass is 270 g/mol. The van der Waals surface area contributed by atoms with Gasteiger partial charge in [-0.25, -0.2) is 0 Å². The maximum atomic E-state index is 10.5. The van der Waals surface area contributed by atoms with Gasteiger partial charge in [-0.15, -0.1) is 0 Å². The van der Waals surface area contributed by atoms with Crippen LogP contribution in [0.15, 0.2) is 30.3 Å². The summed E-state index contributed by atoms with van der Waals surface area (Å²) < 4.78 is 2.02. The van der Waals surface area contributed by atoms with Crippen LogP contribution in [-0.2, 0) is 25.8 Å². The average Bonchev–Trinajstić information content (AvgIpc) is 2.82. The SMILES string of the molecule is CCc1cc(CC(O)C2Cc3ccccc32)n(CC)n1. The molecule has 106 valence electrons. The molecule has 1 aromatic heterocycles. The van der Waals surface area contributed by atoms with Gasteiger partial charge >= 0.3 is 0 Å². The normalized spacial score (nSPS) is 18.4. The molecule has 0 amide bonds. The molecule has 3 nitrogen and oxygen atoms in total. The zero-order valence-corrected chi connectivity index (χ0v) is 12.2. The highest BCUT2D eigenvalue weighted by Gasteiger charge is 2.32. The molecule has 1 aromatic carbocycles. The van der Waals surface area contributed by atoms with E-state index in [9.17, 15) is 5.11 Å². The smallest absolute Gasteiger partial charge is 0.0667 e. The Morgan fingerprint density at radius 3 is 2.85 bits per heavy atom. The zero-order chi connectivity index (χ0) is 14.1. The van der Waals surface area contributed by atoms with Crippen molar-refractivity contribution in [3.05, 3.63) is 52.8 Å². The van der Waals surface area contributed by atoms with Crippen LogP contribution in [0.4, 0.5) is 0 Å². The van der Waals surface area contributed by atoms with E-state index in [1.165, 1.54) is 11.1 Å². The number of nitrogens with zero attached hydrogens (tertiary/aromatic N) is 2. The van der Waals surface area contributed by atoms with Gasteiger partial charge in [-0.3, -0.25) is 4.68 Å². The standard InChI is InChI=1S/C17H22N2O/c1-3-13-10-14(19(4-2)18-13)11-17(20)16-9-12-7-5-6-8-15(12)16/h5-8,10,16-17,20H,3-4,9,11H2,1-2H3. The molecule has 2 unspecified atom stereocenters. The van der Waals surface area contributed by atoms with Crippen LogP contribution in [0.25, 0.3) is 0 Å². The molecule has 1 aliphatic rings. The molecular formula is C17H22N2O. The Morgan fingerprint density at radius 1 is 1.35 bits per heavy atom. The summed E-state index contributed by atoms with van der Waals surface area (Å²) in [6.07, 6.45) is 2.33. The summed E-state index contributed by atoms with van der Waals surface area (Å²) in [5.41, 5.74) is 4.97. The Labute approximate surface area is 120 Å². The van der Waals surface area contributed by atoms with Gasteiger partial charge in [0.05, 0.1) is 11.8 Å². The van der Waals surface area contributed by atoms with E-state index in [0.717, 1.165) is 30.8 Å². The van der Waals surface area contributed by atoms with Gasteiger partial charge in [-0.05, 0) is 37.0 Å². The lowest BCUT2D eigenvalue weighted by atomic mass is 9.73. The van der Waals surface area contributed by atoms with Crippen LogP contribution in [0.3, 0.4) is 0 Å². The minimum absolute atomic E-state index is 0.288. The van der Waals surface area contributed by atoms with Gasteiger partial charge in [0, 0.05) is 24.6 Å². The predicted octanol–water partition coefficient (Wildman–Crippen LogP) is 2.71. The highest BCUT2D eigenvalue weighted by atomic mass is 16.3. The third-order valence-corrected chi connectivity index (χ3v) is 4.35. The molecule has 0 aliphatic heterocycles. The van der Waals surface area contributed by atoms with Crippen LogP contribution < -0.4 is 0 Å². The maximum Gasteiger partial charge on any atom is 0.0667 e. The first kappa shape index (κ1) is 13.4.